The van der Waals surface area contributed by atoms with Gasteiger partial charge < -0.3 is 5.32 Å². The summed E-state index contributed by atoms with van der Waals surface area (Å²) in [4.78, 5) is 0. The molecule has 4 heteroatoms. The van der Waals surface area contributed by atoms with Crippen LogP contribution in [0, 0.1) is 5.92 Å². The Hall–Kier alpha value is -0.710. The van der Waals surface area contributed by atoms with Gasteiger partial charge in [-0.25, -0.2) is 8.93 Å². The maximum atomic E-state index is 12.5. The molecule has 2 N–H and O–H groups in total. The number of rotatable bonds is 2. The van der Waals surface area contributed by atoms with Crippen molar-refractivity contribution in [2.75, 3.05) is 13.1 Å². The van der Waals surface area contributed by atoms with E-state index >= 15 is 0 Å². The van der Waals surface area contributed by atoms with Gasteiger partial charge in [0.05, 0.1) is 15.7 Å². The summed E-state index contributed by atoms with van der Waals surface area (Å²) < 4.78 is 15.7. The van der Waals surface area contributed by atoms with Crippen LogP contribution >= 0.6 is 0 Å². The molecule has 1 aliphatic heterocycles. The minimum atomic E-state index is -1.03. The third-order valence-electron chi connectivity index (χ3n) is 4.48. The molecule has 0 radical (unpaired) electrons. The van der Waals surface area contributed by atoms with Crippen LogP contribution in [0.3, 0.4) is 0 Å². The Labute approximate surface area is 124 Å². The third-order valence-corrected chi connectivity index (χ3v) is 6.06. The van der Waals surface area contributed by atoms with Crippen LogP contribution in [-0.4, -0.2) is 22.0 Å². The second kappa shape index (κ2) is 5.24. The van der Waals surface area contributed by atoms with Crippen LogP contribution in [0.25, 0.3) is 0 Å². The van der Waals surface area contributed by atoms with Gasteiger partial charge in [0.2, 0.25) is 0 Å². The summed E-state index contributed by atoms with van der Waals surface area (Å²) in [5.74, 6) is 1.13. The molecule has 1 aromatic carbocycles. The fraction of sp³-hybridized carbons (Fsp3) is 0.625. The monoisotopic (exact) mass is 292 g/mol. The number of hydrogen-bond donors (Lipinski definition) is 2. The van der Waals surface area contributed by atoms with Crippen molar-refractivity contribution in [1.82, 2.24) is 10.0 Å². The molecule has 1 fully saturated rings. The number of nitrogens with one attached hydrogen (secondary N) is 2. The lowest BCUT2D eigenvalue weighted by atomic mass is 9.85. The molecular formula is C16H24N2OS. The summed E-state index contributed by atoms with van der Waals surface area (Å²) >= 11 is 0. The number of benzene rings is 1. The summed E-state index contributed by atoms with van der Waals surface area (Å²) in [5, 5.41) is 3.49. The molecule has 0 bridgehead atoms. The van der Waals surface area contributed by atoms with Gasteiger partial charge >= 0.3 is 0 Å². The predicted molar refractivity (Wildman–Crippen MR) is 83.9 cm³/mol. The summed E-state index contributed by atoms with van der Waals surface area (Å²) in [5.41, 5.74) is 2.81. The zero-order chi connectivity index (χ0) is 14.3. The first-order valence-corrected chi connectivity index (χ1v) is 8.61. The van der Waals surface area contributed by atoms with Gasteiger partial charge in [-0.15, -0.1) is 0 Å². The third kappa shape index (κ3) is 2.45. The Morgan fingerprint density at radius 3 is 2.65 bits per heavy atom. The van der Waals surface area contributed by atoms with Crippen LogP contribution in [0.4, 0.5) is 0 Å². The summed E-state index contributed by atoms with van der Waals surface area (Å²) in [6.45, 7) is 8.16. The Balaban J connectivity index is 1.91. The zero-order valence-electron chi connectivity index (χ0n) is 12.5. The van der Waals surface area contributed by atoms with Crippen molar-refractivity contribution in [3.8, 4) is 0 Å². The van der Waals surface area contributed by atoms with Crippen molar-refractivity contribution >= 4 is 11.0 Å². The highest BCUT2D eigenvalue weighted by Crippen LogP contribution is 2.48. The number of hydrogen-bond acceptors (Lipinski definition) is 2. The molecular weight excluding hydrogens is 268 g/mol. The van der Waals surface area contributed by atoms with Crippen LogP contribution in [0.2, 0.25) is 0 Å². The van der Waals surface area contributed by atoms with E-state index in [0.717, 1.165) is 13.1 Å². The Morgan fingerprint density at radius 2 is 1.95 bits per heavy atom. The first-order chi connectivity index (χ1) is 9.48. The van der Waals surface area contributed by atoms with Crippen LogP contribution in [0.15, 0.2) is 24.3 Å². The largest absolute Gasteiger partial charge is 0.316 e. The molecule has 0 aromatic heterocycles. The van der Waals surface area contributed by atoms with Crippen LogP contribution in [-0.2, 0) is 11.0 Å². The van der Waals surface area contributed by atoms with Gasteiger partial charge in [0.25, 0.3) is 0 Å². The fourth-order valence-corrected chi connectivity index (χ4v) is 4.31. The molecule has 110 valence electrons. The Bertz CT molecular complexity index is 523. The normalized spacial score (nSPS) is 30.6. The molecule has 1 aliphatic carbocycles. The smallest absolute Gasteiger partial charge is 0.0976 e. The molecule has 0 spiro atoms. The number of piperidine rings is 1. The highest BCUT2D eigenvalue weighted by atomic mass is 32.2. The van der Waals surface area contributed by atoms with Gasteiger partial charge in [-0.05, 0) is 56.7 Å². The fourth-order valence-electron chi connectivity index (χ4n) is 3.42. The van der Waals surface area contributed by atoms with Crippen molar-refractivity contribution in [3.05, 3.63) is 35.4 Å². The first kappa shape index (κ1) is 14.2. The van der Waals surface area contributed by atoms with E-state index in [1.165, 1.54) is 17.5 Å². The minimum Gasteiger partial charge on any atom is -0.316 e. The van der Waals surface area contributed by atoms with Crippen molar-refractivity contribution < 1.29 is 4.21 Å². The maximum absolute atomic E-state index is 12.5. The lowest BCUT2D eigenvalue weighted by molar-refractivity contribution is 0.300. The average Bonchev–Trinajstić information content (AvgIpc) is 2.73. The van der Waals surface area contributed by atoms with E-state index in [1.807, 2.05) is 20.8 Å². The van der Waals surface area contributed by atoms with E-state index in [2.05, 4.69) is 34.3 Å². The predicted octanol–water partition coefficient (Wildman–Crippen LogP) is 2.49. The quantitative estimate of drug-likeness (QED) is 0.879. The lowest BCUT2D eigenvalue weighted by Gasteiger charge is -2.32. The van der Waals surface area contributed by atoms with Crippen molar-refractivity contribution in [3.63, 3.8) is 0 Å². The van der Waals surface area contributed by atoms with Gasteiger partial charge in [-0.1, -0.05) is 24.3 Å². The second-order valence-corrected chi connectivity index (χ2v) is 8.87. The van der Waals surface area contributed by atoms with Crippen LogP contribution in [0.5, 0.6) is 0 Å². The van der Waals surface area contributed by atoms with Gasteiger partial charge in [-0.2, -0.15) is 0 Å². The minimum absolute atomic E-state index is 0.212. The molecule has 4 atom stereocenters. The average molecular weight is 292 g/mol. The SMILES string of the molecule is CC(C)(C)[S@@](=O)N[C@@H]1c2ccccc2C2CCNCC21. The van der Waals surface area contributed by atoms with Crippen molar-refractivity contribution in [2.24, 2.45) is 5.92 Å². The van der Waals surface area contributed by atoms with Crippen LogP contribution in [0.1, 0.15) is 50.3 Å². The van der Waals surface area contributed by atoms with Gasteiger partial charge in [0, 0.05) is 12.6 Å². The first-order valence-electron chi connectivity index (χ1n) is 7.46. The highest BCUT2D eigenvalue weighted by molar-refractivity contribution is 7.84. The Morgan fingerprint density at radius 1 is 1.25 bits per heavy atom. The molecule has 2 unspecified atom stereocenters. The van der Waals surface area contributed by atoms with E-state index in [9.17, 15) is 4.21 Å². The molecule has 3 rings (SSSR count). The zero-order valence-corrected chi connectivity index (χ0v) is 13.3. The summed E-state index contributed by atoms with van der Waals surface area (Å²) in [6.07, 6.45) is 1.18. The highest BCUT2D eigenvalue weighted by Gasteiger charge is 2.42. The summed E-state index contributed by atoms with van der Waals surface area (Å²) in [6, 6.07) is 8.88. The lowest BCUT2D eigenvalue weighted by Crippen LogP contribution is -2.42. The topological polar surface area (TPSA) is 41.1 Å². The molecule has 2 aliphatic rings. The summed E-state index contributed by atoms with van der Waals surface area (Å²) in [7, 11) is -1.03. The maximum Gasteiger partial charge on any atom is 0.0976 e. The number of fused-ring (bicyclic) bond motifs is 3. The van der Waals surface area contributed by atoms with Crippen molar-refractivity contribution in [1.29, 1.82) is 0 Å². The standard InChI is InChI=1S/C16H24N2OS/c1-16(2,3)20(19)18-15-13-7-5-4-6-11(13)12-8-9-17-10-14(12)15/h4-7,12,14-15,17-18H,8-10H2,1-3H3/t12?,14?,15-,20-/m1/s1. The molecule has 1 saturated heterocycles. The van der Waals surface area contributed by atoms with E-state index in [4.69, 9.17) is 0 Å². The van der Waals surface area contributed by atoms with Crippen molar-refractivity contribution in [2.45, 2.75) is 43.9 Å². The molecule has 0 saturated carbocycles. The van der Waals surface area contributed by atoms with E-state index < -0.39 is 11.0 Å². The van der Waals surface area contributed by atoms with Gasteiger partial charge in [-0.3, -0.25) is 0 Å². The van der Waals surface area contributed by atoms with Gasteiger partial charge in [0.15, 0.2) is 0 Å². The Kier molecular flexibility index (Phi) is 3.73. The molecule has 1 aromatic rings. The molecule has 0 amide bonds. The van der Waals surface area contributed by atoms with Gasteiger partial charge in [0.1, 0.15) is 0 Å². The van der Waals surface area contributed by atoms with E-state index in [0.29, 0.717) is 11.8 Å². The molecule has 20 heavy (non-hydrogen) atoms. The second-order valence-electron chi connectivity index (χ2n) is 6.87. The van der Waals surface area contributed by atoms with Crippen LogP contribution < -0.4 is 10.0 Å². The van der Waals surface area contributed by atoms with E-state index in [1.54, 1.807) is 0 Å². The van der Waals surface area contributed by atoms with E-state index in [-0.39, 0.29) is 10.8 Å². The molecule has 3 nitrogen and oxygen atoms in total. The molecule has 1 heterocycles.